The molecule has 4 heteroatoms. The number of nitrogens with zero attached hydrogens (tertiary/aromatic N) is 1. The Labute approximate surface area is 122 Å². The van der Waals surface area contributed by atoms with Crippen LogP contribution in [-0.4, -0.2) is 6.04 Å². The lowest BCUT2D eigenvalue weighted by molar-refractivity contribution is 0.563. The van der Waals surface area contributed by atoms with Crippen molar-refractivity contribution in [1.29, 1.82) is 5.26 Å². The number of anilines is 1. The number of halogens is 2. The van der Waals surface area contributed by atoms with E-state index in [0.717, 1.165) is 31.4 Å². The van der Waals surface area contributed by atoms with Gasteiger partial charge in [-0.25, -0.2) is 8.78 Å². The molecule has 0 bridgehead atoms. The first-order chi connectivity index (χ1) is 10.2. The van der Waals surface area contributed by atoms with Gasteiger partial charge in [-0.2, -0.15) is 5.26 Å². The van der Waals surface area contributed by atoms with Gasteiger partial charge in [0.1, 0.15) is 5.69 Å². The first-order valence-corrected chi connectivity index (χ1v) is 6.90. The number of nitrogens with one attached hydrogen (secondary N) is 1. The van der Waals surface area contributed by atoms with Gasteiger partial charge in [0.25, 0.3) is 0 Å². The lowest BCUT2D eigenvalue weighted by Crippen LogP contribution is -2.28. The minimum Gasteiger partial charge on any atom is -0.377 e. The van der Waals surface area contributed by atoms with Crippen LogP contribution in [0.1, 0.15) is 23.1 Å². The summed E-state index contributed by atoms with van der Waals surface area (Å²) in [4.78, 5) is 0. The fourth-order valence-corrected chi connectivity index (χ4v) is 2.80. The van der Waals surface area contributed by atoms with Gasteiger partial charge in [0.05, 0.1) is 11.6 Å². The number of hydrogen-bond donors (Lipinski definition) is 1. The number of nitriles is 1. The predicted molar refractivity (Wildman–Crippen MR) is 77.0 cm³/mol. The van der Waals surface area contributed by atoms with Gasteiger partial charge in [0.15, 0.2) is 11.6 Å². The summed E-state index contributed by atoms with van der Waals surface area (Å²) in [7, 11) is 0. The summed E-state index contributed by atoms with van der Waals surface area (Å²) >= 11 is 0. The van der Waals surface area contributed by atoms with E-state index in [0.29, 0.717) is 0 Å². The zero-order valence-electron chi connectivity index (χ0n) is 11.4. The maximum Gasteiger partial charge on any atom is 0.150 e. The molecule has 2 aromatic rings. The summed E-state index contributed by atoms with van der Waals surface area (Å²) in [6, 6.07) is 12.0. The highest BCUT2D eigenvalue weighted by atomic mass is 19.1. The van der Waals surface area contributed by atoms with E-state index < -0.39 is 11.6 Å². The van der Waals surface area contributed by atoms with Gasteiger partial charge in [-0.1, -0.05) is 24.3 Å². The molecule has 1 atom stereocenters. The van der Waals surface area contributed by atoms with Gasteiger partial charge in [-0.05, 0) is 42.5 Å². The zero-order valence-corrected chi connectivity index (χ0v) is 11.4. The third-order valence-electron chi connectivity index (χ3n) is 3.87. The van der Waals surface area contributed by atoms with Crippen molar-refractivity contribution in [2.45, 2.75) is 25.3 Å². The maximum absolute atomic E-state index is 13.9. The van der Waals surface area contributed by atoms with E-state index >= 15 is 0 Å². The van der Waals surface area contributed by atoms with Crippen molar-refractivity contribution in [1.82, 2.24) is 0 Å². The van der Waals surface area contributed by atoms with Crippen molar-refractivity contribution in [3.05, 3.63) is 64.7 Å². The molecule has 0 aliphatic heterocycles. The van der Waals surface area contributed by atoms with Gasteiger partial charge in [-0.15, -0.1) is 0 Å². The van der Waals surface area contributed by atoms with E-state index in [-0.39, 0.29) is 17.3 Å². The lowest BCUT2D eigenvalue weighted by atomic mass is 9.88. The molecule has 106 valence electrons. The second-order valence-electron chi connectivity index (χ2n) is 5.28. The summed E-state index contributed by atoms with van der Waals surface area (Å²) in [5.41, 5.74) is 2.37. The number of fused-ring (bicyclic) bond motifs is 1. The van der Waals surface area contributed by atoms with Crippen LogP contribution < -0.4 is 5.32 Å². The normalized spacial score (nSPS) is 16.9. The summed E-state index contributed by atoms with van der Waals surface area (Å²) in [5.74, 6) is -1.43. The molecule has 21 heavy (non-hydrogen) atoms. The van der Waals surface area contributed by atoms with E-state index in [1.54, 1.807) is 6.07 Å². The Morgan fingerprint density at radius 2 is 1.76 bits per heavy atom. The molecular weight excluding hydrogens is 270 g/mol. The van der Waals surface area contributed by atoms with Crippen LogP contribution in [0, 0.1) is 23.0 Å². The molecule has 3 rings (SSSR count). The van der Waals surface area contributed by atoms with Crippen molar-refractivity contribution >= 4 is 5.69 Å². The quantitative estimate of drug-likeness (QED) is 0.910. The summed E-state index contributed by atoms with van der Waals surface area (Å²) in [5, 5.41) is 11.7. The molecule has 0 aromatic heterocycles. The molecule has 2 nitrogen and oxygen atoms in total. The molecular formula is C17H14F2N2. The van der Waals surface area contributed by atoms with E-state index in [1.807, 2.05) is 12.1 Å². The van der Waals surface area contributed by atoms with E-state index in [2.05, 4.69) is 17.4 Å². The van der Waals surface area contributed by atoms with Crippen LogP contribution in [0.3, 0.4) is 0 Å². The molecule has 1 N–H and O–H groups in total. The Bertz CT molecular complexity index is 696. The first-order valence-electron chi connectivity index (χ1n) is 6.90. The maximum atomic E-state index is 13.9. The average molecular weight is 284 g/mol. The van der Waals surface area contributed by atoms with Crippen molar-refractivity contribution in [3.63, 3.8) is 0 Å². The van der Waals surface area contributed by atoms with Crippen LogP contribution in [0.4, 0.5) is 14.5 Å². The fourth-order valence-electron chi connectivity index (χ4n) is 2.80. The minimum absolute atomic E-state index is 0.00293. The van der Waals surface area contributed by atoms with Crippen LogP contribution in [0.25, 0.3) is 0 Å². The minimum atomic E-state index is -0.717. The molecule has 0 radical (unpaired) electrons. The monoisotopic (exact) mass is 284 g/mol. The first kappa shape index (κ1) is 13.6. The Hall–Kier alpha value is -2.41. The smallest absolute Gasteiger partial charge is 0.150 e. The number of aryl methyl sites for hydroxylation is 1. The SMILES string of the molecule is N#Cc1cc(F)c(NC2CCc3ccccc3C2)c(F)c1. The standard InChI is InChI=1S/C17H14F2N2/c18-15-7-11(10-20)8-16(19)17(15)21-14-6-5-12-3-1-2-4-13(12)9-14/h1-4,7-8,14,21H,5-6,9H2. The highest BCUT2D eigenvalue weighted by molar-refractivity contribution is 5.51. The van der Waals surface area contributed by atoms with Crippen molar-refractivity contribution < 1.29 is 8.78 Å². The van der Waals surface area contributed by atoms with Crippen molar-refractivity contribution in [2.24, 2.45) is 0 Å². The molecule has 1 aliphatic rings. The highest BCUT2D eigenvalue weighted by Crippen LogP contribution is 2.27. The molecule has 0 fully saturated rings. The second kappa shape index (κ2) is 5.53. The molecule has 2 aromatic carbocycles. The second-order valence-corrected chi connectivity index (χ2v) is 5.28. The Balaban J connectivity index is 1.81. The number of benzene rings is 2. The molecule has 1 unspecified atom stereocenters. The lowest BCUT2D eigenvalue weighted by Gasteiger charge is -2.26. The van der Waals surface area contributed by atoms with Crippen LogP contribution >= 0.6 is 0 Å². The van der Waals surface area contributed by atoms with Gasteiger partial charge in [-0.3, -0.25) is 0 Å². The highest BCUT2D eigenvalue weighted by Gasteiger charge is 2.21. The topological polar surface area (TPSA) is 35.8 Å². The molecule has 0 saturated carbocycles. The van der Waals surface area contributed by atoms with E-state index in [1.165, 1.54) is 11.1 Å². The molecule has 0 saturated heterocycles. The third kappa shape index (κ3) is 2.73. The third-order valence-corrected chi connectivity index (χ3v) is 3.87. The molecule has 1 aliphatic carbocycles. The molecule has 0 spiro atoms. The van der Waals surface area contributed by atoms with Gasteiger partial charge in [0.2, 0.25) is 0 Å². The molecule has 0 amide bonds. The Morgan fingerprint density at radius 3 is 2.43 bits per heavy atom. The zero-order chi connectivity index (χ0) is 14.8. The average Bonchev–Trinajstić information content (AvgIpc) is 2.50. The Kier molecular flexibility index (Phi) is 3.57. The van der Waals surface area contributed by atoms with Crippen LogP contribution in [0.2, 0.25) is 0 Å². The number of rotatable bonds is 2. The predicted octanol–water partition coefficient (Wildman–Crippen LogP) is 3.81. The summed E-state index contributed by atoms with van der Waals surface area (Å²) in [6.07, 6.45) is 2.47. The van der Waals surface area contributed by atoms with Crippen LogP contribution in [0.15, 0.2) is 36.4 Å². The largest absolute Gasteiger partial charge is 0.377 e. The van der Waals surface area contributed by atoms with E-state index in [4.69, 9.17) is 5.26 Å². The number of hydrogen-bond acceptors (Lipinski definition) is 2. The Morgan fingerprint density at radius 1 is 1.10 bits per heavy atom. The van der Waals surface area contributed by atoms with Crippen LogP contribution in [-0.2, 0) is 12.8 Å². The van der Waals surface area contributed by atoms with Crippen LogP contribution in [0.5, 0.6) is 0 Å². The summed E-state index contributed by atoms with van der Waals surface area (Å²) < 4.78 is 27.8. The van der Waals surface area contributed by atoms with Gasteiger partial charge < -0.3 is 5.32 Å². The fraction of sp³-hybridized carbons (Fsp3) is 0.235. The van der Waals surface area contributed by atoms with Gasteiger partial charge in [0, 0.05) is 6.04 Å². The molecule has 0 heterocycles. The van der Waals surface area contributed by atoms with E-state index in [9.17, 15) is 8.78 Å². The van der Waals surface area contributed by atoms with Crippen molar-refractivity contribution in [3.8, 4) is 6.07 Å². The van der Waals surface area contributed by atoms with Gasteiger partial charge >= 0.3 is 0 Å². The summed E-state index contributed by atoms with van der Waals surface area (Å²) in [6.45, 7) is 0. The van der Waals surface area contributed by atoms with Crippen molar-refractivity contribution in [2.75, 3.05) is 5.32 Å².